The lowest BCUT2D eigenvalue weighted by Crippen LogP contribution is -2.25. The van der Waals surface area contributed by atoms with Gasteiger partial charge in [-0.3, -0.25) is 4.79 Å². The number of nitrogens with zero attached hydrogens (tertiary/aromatic N) is 3. The highest BCUT2D eigenvalue weighted by Crippen LogP contribution is 2.25. The smallest absolute Gasteiger partial charge is 0.226 e. The molecule has 0 aliphatic carbocycles. The molecule has 0 unspecified atom stereocenters. The quantitative estimate of drug-likeness (QED) is 0.546. The molecule has 4 aromatic rings. The average molecular weight is 386 g/mol. The Labute approximate surface area is 167 Å². The third kappa shape index (κ3) is 4.38. The van der Waals surface area contributed by atoms with Crippen molar-refractivity contribution in [3.05, 3.63) is 102 Å². The van der Waals surface area contributed by atoms with Gasteiger partial charge in [-0.05, 0) is 29.8 Å². The van der Waals surface area contributed by atoms with Crippen molar-refractivity contribution in [1.29, 1.82) is 0 Å². The molecule has 4 rings (SSSR count). The van der Waals surface area contributed by atoms with Gasteiger partial charge in [0.05, 0.1) is 17.8 Å². The third-order valence-electron chi connectivity index (χ3n) is 4.52. The van der Waals surface area contributed by atoms with E-state index in [2.05, 4.69) is 15.6 Å². The molecule has 5 nitrogen and oxygen atoms in total. The fourth-order valence-corrected chi connectivity index (χ4v) is 3.08. The van der Waals surface area contributed by atoms with Crippen molar-refractivity contribution < 1.29 is 9.18 Å². The molecule has 3 aromatic carbocycles. The minimum atomic E-state index is -0.301. The maximum Gasteiger partial charge on any atom is 0.226 e. The Kier molecular flexibility index (Phi) is 5.42. The minimum Gasteiger partial charge on any atom is -0.352 e. The van der Waals surface area contributed by atoms with E-state index < -0.39 is 0 Å². The van der Waals surface area contributed by atoms with E-state index in [1.807, 2.05) is 60.7 Å². The van der Waals surface area contributed by atoms with Gasteiger partial charge in [0, 0.05) is 12.1 Å². The Balaban J connectivity index is 1.57. The summed E-state index contributed by atoms with van der Waals surface area (Å²) in [5.74, 6) is -0.475. The summed E-state index contributed by atoms with van der Waals surface area (Å²) in [7, 11) is 0. The first-order valence-corrected chi connectivity index (χ1v) is 9.27. The first kappa shape index (κ1) is 18.6. The van der Waals surface area contributed by atoms with E-state index >= 15 is 0 Å². The van der Waals surface area contributed by atoms with Gasteiger partial charge in [-0.2, -0.15) is 0 Å². The summed E-state index contributed by atoms with van der Waals surface area (Å²) < 4.78 is 14.8. The van der Waals surface area contributed by atoms with Crippen molar-refractivity contribution in [2.45, 2.75) is 13.0 Å². The fourth-order valence-electron chi connectivity index (χ4n) is 3.08. The molecule has 0 saturated carbocycles. The second kappa shape index (κ2) is 8.48. The topological polar surface area (TPSA) is 59.8 Å². The van der Waals surface area contributed by atoms with Gasteiger partial charge in [-0.25, -0.2) is 9.07 Å². The summed E-state index contributed by atoms with van der Waals surface area (Å²) >= 11 is 0. The van der Waals surface area contributed by atoms with Crippen molar-refractivity contribution in [2.24, 2.45) is 0 Å². The number of aromatic nitrogens is 3. The Morgan fingerprint density at radius 1 is 0.897 bits per heavy atom. The van der Waals surface area contributed by atoms with Gasteiger partial charge < -0.3 is 5.32 Å². The summed E-state index contributed by atoms with van der Waals surface area (Å²) in [6.45, 7) is 0.326. The summed E-state index contributed by atoms with van der Waals surface area (Å²) in [5.41, 5.74) is 4.01. The monoisotopic (exact) mass is 386 g/mol. The number of halogens is 1. The van der Waals surface area contributed by atoms with E-state index in [0.717, 1.165) is 22.5 Å². The lowest BCUT2D eigenvalue weighted by molar-refractivity contribution is -0.120. The molecule has 0 fully saturated rings. The Morgan fingerprint density at radius 3 is 2.24 bits per heavy atom. The van der Waals surface area contributed by atoms with Crippen LogP contribution in [0.2, 0.25) is 0 Å². The number of benzene rings is 3. The van der Waals surface area contributed by atoms with E-state index in [1.165, 1.54) is 12.1 Å². The van der Waals surface area contributed by atoms with Crippen molar-refractivity contribution in [3.8, 4) is 16.9 Å². The standard InChI is InChI=1S/C23H19FN4O/c24-19-13-11-17(12-14-19)16-25-22(29)15-21-23(18-7-3-1-4-8-18)28(27-26-21)20-9-5-2-6-10-20/h1-14H,15-16H2,(H,25,29). The Morgan fingerprint density at radius 2 is 1.55 bits per heavy atom. The lowest BCUT2D eigenvalue weighted by Gasteiger charge is -2.09. The number of carbonyl (C=O) groups excluding carboxylic acids is 1. The number of rotatable bonds is 6. The van der Waals surface area contributed by atoms with Crippen molar-refractivity contribution in [1.82, 2.24) is 20.3 Å². The second-order valence-electron chi connectivity index (χ2n) is 6.58. The molecule has 1 N–H and O–H groups in total. The zero-order valence-corrected chi connectivity index (χ0v) is 15.6. The normalized spacial score (nSPS) is 10.7. The molecule has 0 bridgehead atoms. The molecule has 1 heterocycles. The number of hydrogen-bond donors (Lipinski definition) is 1. The van der Waals surface area contributed by atoms with Crippen LogP contribution in [0.25, 0.3) is 16.9 Å². The predicted molar refractivity (Wildman–Crippen MR) is 109 cm³/mol. The molecule has 6 heteroatoms. The van der Waals surface area contributed by atoms with E-state index in [1.54, 1.807) is 16.8 Å². The molecule has 29 heavy (non-hydrogen) atoms. The van der Waals surface area contributed by atoms with E-state index in [9.17, 15) is 9.18 Å². The molecule has 0 saturated heterocycles. The van der Waals surface area contributed by atoms with E-state index in [4.69, 9.17) is 0 Å². The molecule has 0 atom stereocenters. The van der Waals surface area contributed by atoms with Crippen LogP contribution in [0.15, 0.2) is 84.9 Å². The van der Waals surface area contributed by atoms with Crippen LogP contribution >= 0.6 is 0 Å². The van der Waals surface area contributed by atoms with Crippen molar-refractivity contribution in [2.75, 3.05) is 0 Å². The zero-order chi connectivity index (χ0) is 20.1. The maximum atomic E-state index is 13.0. The third-order valence-corrected chi connectivity index (χ3v) is 4.52. The molecule has 0 aliphatic heterocycles. The minimum absolute atomic E-state index is 0.0955. The van der Waals surface area contributed by atoms with Gasteiger partial charge in [-0.15, -0.1) is 5.10 Å². The highest BCUT2D eigenvalue weighted by atomic mass is 19.1. The number of para-hydroxylation sites is 1. The first-order chi connectivity index (χ1) is 14.2. The first-order valence-electron chi connectivity index (χ1n) is 9.27. The summed E-state index contributed by atoms with van der Waals surface area (Å²) in [4.78, 5) is 12.5. The van der Waals surface area contributed by atoms with Gasteiger partial charge in [-0.1, -0.05) is 65.9 Å². The highest BCUT2D eigenvalue weighted by Gasteiger charge is 2.18. The van der Waals surface area contributed by atoms with E-state index in [-0.39, 0.29) is 18.1 Å². The van der Waals surface area contributed by atoms with Crippen LogP contribution in [0.3, 0.4) is 0 Å². The molecule has 0 radical (unpaired) electrons. The van der Waals surface area contributed by atoms with Gasteiger partial charge >= 0.3 is 0 Å². The number of nitrogens with one attached hydrogen (secondary N) is 1. The van der Waals surface area contributed by atoms with Gasteiger partial charge in [0.1, 0.15) is 11.5 Å². The van der Waals surface area contributed by atoms with Gasteiger partial charge in [0.25, 0.3) is 0 Å². The lowest BCUT2D eigenvalue weighted by atomic mass is 10.1. The molecule has 144 valence electrons. The number of amides is 1. The van der Waals surface area contributed by atoms with Gasteiger partial charge in [0.15, 0.2) is 0 Å². The Hall–Kier alpha value is -3.80. The van der Waals surface area contributed by atoms with Crippen molar-refractivity contribution in [3.63, 3.8) is 0 Å². The zero-order valence-electron chi connectivity index (χ0n) is 15.6. The van der Waals surface area contributed by atoms with Crippen LogP contribution in [0, 0.1) is 5.82 Å². The average Bonchev–Trinajstić information content (AvgIpc) is 3.18. The molecule has 1 amide bonds. The summed E-state index contributed by atoms with van der Waals surface area (Å²) in [6.07, 6.45) is 0.0955. The van der Waals surface area contributed by atoms with Crippen LogP contribution in [-0.2, 0) is 17.8 Å². The molecular formula is C23H19FN4O. The molecule has 1 aromatic heterocycles. The van der Waals surface area contributed by atoms with E-state index in [0.29, 0.717) is 12.2 Å². The largest absolute Gasteiger partial charge is 0.352 e. The van der Waals surface area contributed by atoms with Gasteiger partial charge in [0.2, 0.25) is 5.91 Å². The van der Waals surface area contributed by atoms with Crippen molar-refractivity contribution >= 4 is 5.91 Å². The second-order valence-corrected chi connectivity index (χ2v) is 6.58. The van der Waals surface area contributed by atoms with Crippen LogP contribution in [0.5, 0.6) is 0 Å². The summed E-state index contributed by atoms with van der Waals surface area (Å²) in [5, 5.41) is 11.4. The Bertz CT molecular complexity index is 1090. The maximum absolute atomic E-state index is 13.0. The van der Waals surface area contributed by atoms with Crippen LogP contribution in [0.4, 0.5) is 4.39 Å². The highest BCUT2D eigenvalue weighted by molar-refractivity contribution is 5.80. The molecule has 0 aliphatic rings. The summed E-state index contributed by atoms with van der Waals surface area (Å²) in [6, 6.07) is 25.5. The fraction of sp³-hybridized carbons (Fsp3) is 0.0870. The molecule has 0 spiro atoms. The van der Waals surface area contributed by atoms with Crippen LogP contribution in [0.1, 0.15) is 11.3 Å². The van der Waals surface area contributed by atoms with Crippen LogP contribution in [-0.4, -0.2) is 20.9 Å². The number of carbonyl (C=O) groups is 1. The van der Waals surface area contributed by atoms with Crippen LogP contribution < -0.4 is 5.32 Å². The molecular weight excluding hydrogens is 367 g/mol. The SMILES string of the molecule is O=C(Cc1nnn(-c2ccccc2)c1-c1ccccc1)NCc1ccc(F)cc1. The number of hydrogen-bond acceptors (Lipinski definition) is 3. The predicted octanol–water partition coefficient (Wildman–Crippen LogP) is 3.93.